The monoisotopic (exact) mass is 580 g/mol. The summed E-state index contributed by atoms with van der Waals surface area (Å²) in [6, 6.07) is 14.2. The quantitative estimate of drug-likeness (QED) is 0.149. The number of amides is 1. The van der Waals surface area contributed by atoms with E-state index in [1.165, 1.54) is 31.4 Å². The van der Waals surface area contributed by atoms with Crippen LogP contribution in [0.15, 0.2) is 48.5 Å². The molecule has 0 unspecified atom stereocenters. The minimum absolute atomic E-state index is 0.0774. The highest BCUT2D eigenvalue weighted by atomic mass is 19.1. The molecule has 12 heteroatoms. The second-order valence-corrected chi connectivity index (χ2v) is 10.1. The van der Waals surface area contributed by atoms with Gasteiger partial charge in [-0.15, -0.1) is 0 Å². The molecule has 1 fully saturated rings. The minimum Gasteiger partial charge on any atom is -0.378 e. The van der Waals surface area contributed by atoms with Gasteiger partial charge in [0.2, 0.25) is 23.8 Å². The zero-order valence-electron chi connectivity index (χ0n) is 23.9. The Balaban J connectivity index is 1.30. The highest BCUT2D eigenvalue weighted by Gasteiger charge is 2.16. The average Bonchev–Trinajstić information content (AvgIpc) is 3.00. The molecule has 1 saturated carbocycles. The van der Waals surface area contributed by atoms with Gasteiger partial charge in [0.05, 0.1) is 32.8 Å². The Morgan fingerprint density at radius 2 is 1.50 bits per heavy atom. The maximum Gasteiger partial charge on any atom is 0.233 e. The summed E-state index contributed by atoms with van der Waals surface area (Å²) in [5.41, 5.74) is 7.93. The van der Waals surface area contributed by atoms with Crippen molar-refractivity contribution in [3.05, 3.63) is 65.5 Å². The topological polar surface area (TPSA) is 148 Å². The van der Waals surface area contributed by atoms with Crippen LogP contribution in [-0.4, -0.2) is 66.4 Å². The lowest BCUT2D eigenvalue weighted by atomic mass is 9.96. The molecule has 0 bridgehead atoms. The Labute approximate surface area is 246 Å². The fraction of sp³-hybridized carbons (Fsp3) is 0.467. The number of rotatable bonds is 17. The second-order valence-electron chi connectivity index (χ2n) is 10.1. The van der Waals surface area contributed by atoms with E-state index in [9.17, 15) is 9.18 Å². The predicted octanol–water partition coefficient (Wildman–Crippen LogP) is 3.76. The van der Waals surface area contributed by atoms with Gasteiger partial charge in [0.15, 0.2) is 0 Å². The first-order valence-electron chi connectivity index (χ1n) is 14.6. The molecule has 1 aliphatic rings. The molecular weight excluding hydrogens is 539 g/mol. The van der Waals surface area contributed by atoms with Gasteiger partial charge >= 0.3 is 0 Å². The SMILES string of the molecule is NCCOCCOCCNC(=O)Cc1ccc(Nc2nc(NCc3ccc(F)cc3)nc(NC3CCCCC3)n2)cc1. The third-order valence-corrected chi connectivity index (χ3v) is 6.72. The lowest BCUT2D eigenvalue weighted by Crippen LogP contribution is -2.29. The summed E-state index contributed by atoms with van der Waals surface area (Å²) in [5, 5.41) is 12.8. The highest BCUT2D eigenvalue weighted by Crippen LogP contribution is 2.22. The van der Waals surface area contributed by atoms with Crippen LogP contribution >= 0.6 is 0 Å². The summed E-state index contributed by atoms with van der Waals surface area (Å²) in [5.74, 6) is 0.953. The van der Waals surface area contributed by atoms with Crippen LogP contribution in [0.25, 0.3) is 0 Å². The molecule has 1 amide bonds. The van der Waals surface area contributed by atoms with Crippen molar-refractivity contribution in [1.82, 2.24) is 20.3 Å². The molecule has 1 aliphatic carbocycles. The van der Waals surface area contributed by atoms with E-state index in [-0.39, 0.29) is 18.1 Å². The van der Waals surface area contributed by atoms with Crippen molar-refractivity contribution in [3.8, 4) is 0 Å². The van der Waals surface area contributed by atoms with E-state index in [2.05, 4.69) is 36.2 Å². The van der Waals surface area contributed by atoms with Crippen molar-refractivity contribution < 1.29 is 18.7 Å². The zero-order chi connectivity index (χ0) is 29.4. The van der Waals surface area contributed by atoms with Gasteiger partial charge in [-0.05, 0) is 48.2 Å². The third-order valence-electron chi connectivity index (χ3n) is 6.72. The van der Waals surface area contributed by atoms with Crippen molar-refractivity contribution in [1.29, 1.82) is 0 Å². The largest absolute Gasteiger partial charge is 0.378 e. The highest BCUT2D eigenvalue weighted by molar-refractivity contribution is 5.78. The molecule has 42 heavy (non-hydrogen) atoms. The fourth-order valence-electron chi connectivity index (χ4n) is 4.54. The molecule has 1 aromatic heterocycles. The van der Waals surface area contributed by atoms with Gasteiger partial charge in [-0.2, -0.15) is 15.0 Å². The van der Waals surface area contributed by atoms with Crippen LogP contribution < -0.4 is 27.0 Å². The number of anilines is 4. The van der Waals surface area contributed by atoms with Gasteiger partial charge < -0.3 is 36.5 Å². The van der Waals surface area contributed by atoms with Gasteiger partial charge in [0.25, 0.3) is 0 Å². The normalized spacial score (nSPS) is 13.5. The molecule has 0 atom stereocenters. The molecular formula is C30H41FN8O3. The van der Waals surface area contributed by atoms with Gasteiger partial charge in [-0.1, -0.05) is 43.5 Å². The Morgan fingerprint density at radius 3 is 2.24 bits per heavy atom. The molecule has 0 radical (unpaired) electrons. The van der Waals surface area contributed by atoms with E-state index in [0.717, 1.165) is 29.7 Å². The average molecular weight is 581 g/mol. The van der Waals surface area contributed by atoms with Crippen LogP contribution in [0.3, 0.4) is 0 Å². The summed E-state index contributed by atoms with van der Waals surface area (Å²) in [6.45, 7) is 3.26. The number of nitrogens with one attached hydrogen (secondary N) is 4. The van der Waals surface area contributed by atoms with Crippen molar-refractivity contribution in [3.63, 3.8) is 0 Å². The van der Waals surface area contributed by atoms with Gasteiger partial charge in [-0.25, -0.2) is 4.39 Å². The molecule has 226 valence electrons. The zero-order valence-corrected chi connectivity index (χ0v) is 23.9. The molecule has 11 nitrogen and oxygen atoms in total. The predicted molar refractivity (Wildman–Crippen MR) is 161 cm³/mol. The van der Waals surface area contributed by atoms with E-state index in [0.29, 0.717) is 69.9 Å². The molecule has 4 rings (SSSR count). The second kappa shape index (κ2) is 17.2. The van der Waals surface area contributed by atoms with Crippen LogP contribution in [0, 0.1) is 5.82 Å². The van der Waals surface area contributed by atoms with Crippen LogP contribution in [-0.2, 0) is 27.2 Å². The number of carbonyl (C=O) groups excluding carboxylic acids is 1. The Hall–Kier alpha value is -3.87. The number of aromatic nitrogens is 3. The number of halogens is 1. The van der Waals surface area contributed by atoms with Crippen LogP contribution in [0.2, 0.25) is 0 Å². The fourth-order valence-corrected chi connectivity index (χ4v) is 4.54. The van der Waals surface area contributed by atoms with Gasteiger partial charge in [-0.3, -0.25) is 4.79 Å². The molecule has 0 spiro atoms. The number of ether oxygens (including phenoxy) is 2. The van der Waals surface area contributed by atoms with E-state index >= 15 is 0 Å². The van der Waals surface area contributed by atoms with Crippen LogP contribution in [0.5, 0.6) is 0 Å². The smallest absolute Gasteiger partial charge is 0.233 e. The molecule has 6 N–H and O–H groups in total. The molecule has 3 aromatic rings. The van der Waals surface area contributed by atoms with Crippen LogP contribution in [0.1, 0.15) is 43.2 Å². The summed E-state index contributed by atoms with van der Waals surface area (Å²) in [6.07, 6.45) is 6.06. The van der Waals surface area contributed by atoms with E-state index in [1.54, 1.807) is 12.1 Å². The van der Waals surface area contributed by atoms with Gasteiger partial charge in [0, 0.05) is 31.4 Å². The van der Waals surface area contributed by atoms with E-state index in [1.807, 2.05) is 24.3 Å². The first-order valence-corrected chi connectivity index (χ1v) is 14.6. The summed E-state index contributed by atoms with van der Waals surface area (Å²) in [7, 11) is 0. The molecule has 0 saturated heterocycles. The third kappa shape index (κ3) is 11.2. The Kier molecular flexibility index (Phi) is 12.7. The maximum atomic E-state index is 13.3. The molecule has 2 aromatic carbocycles. The first kappa shape index (κ1) is 31.1. The number of hydrogen-bond donors (Lipinski definition) is 5. The lowest BCUT2D eigenvalue weighted by molar-refractivity contribution is -0.120. The van der Waals surface area contributed by atoms with Gasteiger partial charge in [0.1, 0.15) is 5.82 Å². The minimum atomic E-state index is -0.276. The number of hydrogen-bond acceptors (Lipinski definition) is 10. The van der Waals surface area contributed by atoms with Crippen LogP contribution in [0.4, 0.5) is 27.9 Å². The van der Waals surface area contributed by atoms with E-state index < -0.39 is 0 Å². The van der Waals surface area contributed by atoms with Crippen molar-refractivity contribution >= 4 is 29.4 Å². The molecule has 0 aliphatic heterocycles. The number of benzene rings is 2. The van der Waals surface area contributed by atoms with Crippen molar-refractivity contribution in [2.45, 2.75) is 51.1 Å². The summed E-state index contributed by atoms with van der Waals surface area (Å²) in [4.78, 5) is 26.0. The summed E-state index contributed by atoms with van der Waals surface area (Å²) < 4.78 is 24.0. The van der Waals surface area contributed by atoms with Crippen molar-refractivity contribution in [2.24, 2.45) is 5.73 Å². The van der Waals surface area contributed by atoms with Crippen molar-refractivity contribution in [2.75, 3.05) is 55.5 Å². The standard InChI is InChI=1S/C30H41FN8O3/c31-24-10-6-23(7-11-24)21-34-28-37-29(35-25-4-2-1-3-5-25)39-30(38-28)36-26-12-8-22(9-13-26)20-27(40)33-15-17-42-19-18-41-16-14-32/h6-13,25H,1-5,14-21,32H2,(H,33,40)(H3,34,35,36,37,38,39). The number of nitrogens with zero attached hydrogens (tertiary/aromatic N) is 3. The lowest BCUT2D eigenvalue weighted by Gasteiger charge is -2.23. The summed E-state index contributed by atoms with van der Waals surface area (Å²) >= 11 is 0. The Morgan fingerprint density at radius 1 is 0.833 bits per heavy atom. The van der Waals surface area contributed by atoms with E-state index in [4.69, 9.17) is 15.2 Å². The number of nitrogens with two attached hydrogens (primary N) is 1. The maximum absolute atomic E-state index is 13.3. The molecule has 1 heterocycles. The Bertz CT molecular complexity index is 1220. The first-order chi connectivity index (χ1) is 20.6. The number of carbonyl (C=O) groups is 1.